The summed E-state index contributed by atoms with van der Waals surface area (Å²) in [6.07, 6.45) is 0. The van der Waals surface area contributed by atoms with E-state index in [1.165, 1.54) is 0 Å². The maximum absolute atomic E-state index is 12.6. The predicted molar refractivity (Wildman–Crippen MR) is 109 cm³/mol. The molecule has 1 amide bonds. The number of para-hydroxylation sites is 1. The van der Waals surface area contributed by atoms with Crippen molar-refractivity contribution in [2.45, 2.75) is 20.0 Å². The van der Waals surface area contributed by atoms with E-state index < -0.39 is 0 Å². The van der Waals surface area contributed by atoms with E-state index in [0.717, 1.165) is 38.7 Å². The Morgan fingerprint density at radius 2 is 1.74 bits per heavy atom. The van der Waals surface area contributed by atoms with Crippen LogP contribution in [0.4, 0.5) is 0 Å². The maximum Gasteiger partial charge on any atom is 0.240 e. The molecule has 0 aliphatic heterocycles. The zero-order chi connectivity index (χ0) is 18.8. The summed E-state index contributed by atoms with van der Waals surface area (Å²) in [5, 5.41) is 6.44. The zero-order valence-electron chi connectivity index (χ0n) is 15.5. The highest BCUT2D eigenvalue weighted by molar-refractivity contribution is 5.88. The number of rotatable bonds is 5. The molecule has 4 nitrogen and oxygen atoms in total. The molecule has 1 heterocycles. The van der Waals surface area contributed by atoms with Crippen LogP contribution in [0.15, 0.2) is 66.7 Å². The molecule has 4 rings (SSSR count). The highest BCUT2D eigenvalue weighted by atomic mass is 16.5. The zero-order valence-corrected chi connectivity index (χ0v) is 15.5. The van der Waals surface area contributed by atoms with Crippen LogP contribution in [0.25, 0.3) is 21.7 Å². The molecule has 1 aromatic heterocycles. The summed E-state index contributed by atoms with van der Waals surface area (Å²) < 4.78 is 7.56. The molecule has 0 aliphatic carbocycles. The number of ether oxygens (including phenoxy) is 1. The Balaban J connectivity index is 1.56. The Kier molecular flexibility index (Phi) is 4.55. The van der Waals surface area contributed by atoms with Gasteiger partial charge in [-0.05, 0) is 41.3 Å². The lowest BCUT2D eigenvalue weighted by Crippen LogP contribution is -2.27. The quantitative estimate of drug-likeness (QED) is 0.574. The molecule has 0 spiro atoms. The van der Waals surface area contributed by atoms with E-state index in [-0.39, 0.29) is 5.91 Å². The molecular weight excluding hydrogens is 336 g/mol. The van der Waals surface area contributed by atoms with Crippen molar-refractivity contribution >= 4 is 27.6 Å². The number of benzene rings is 3. The number of carbonyl (C=O) groups is 1. The Bertz CT molecular complexity index is 1130. The fourth-order valence-electron chi connectivity index (χ4n) is 3.63. The minimum absolute atomic E-state index is 0.0190. The van der Waals surface area contributed by atoms with Gasteiger partial charge in [-0.15, -0.1) is 0 Å². The Morgan fingerprint density at radius 3 is 2.56 bits per heavy atom. The summed E-state index contributed by atoms with van der Waals surface area (Å²) in [6, 6.07) is 22.4. The van der Waals surface area contributed by atoms with Crippen molar-refractivity contribution in [2.24, 2.45) is 0 Å². The van der Waals surface area contributed by atoms with Gasteiger partial charge in [0.15, 0.2) is 0 Å². The monoisotopic (exact) mass is 358 g/mol. The van der Waals surface area contributed by atoms with Gasteiger partial charge in [0.05, 0.1) is 7.11 Å². The molecule has 27 heavy (non-hydrogen) atoms. The summed E-state index contributed by atoms with van der Waals surface area (Å²) in [6.45, 7) is 2.76. The van der Waals surface area contributed by atoms with Crippen molar-refractivity contribution in [1.82, 2.24) is 9.88 Å². The molecule has 0 bridgehead atoms. The SMILES string of the molecule is COc1ccc2ccccc2c1CNC(=O)Cn1c(C)cc2ccccc21. The van der Waals surface area contributed by atoms with E-state index >= 15 is 0 Å². The van der Waals surface area contributed by atoms with Crippen molar-refractivity contribution in [3.05, 3.63) is 78.0 Å². The largest absolute Gasteiger partial charge is 0.496 e. The van der Waals surface area contributed by atoms with Crippen LogP contribution in [0.3, 0.4) is 0 Å². The number of methoxy groups -OCH3 is 1. The van der Waals surface area contributed by atoms with E-state index in [4.69, 9.17) is 4.74 Å². The molecule has 0 aliphatic rings. The second kappa shape index (κ2) is 7.16. The number of aryl methyl sites for hydroxylation is 1. The number of hydrogen-bond donors (Lipinski definition) is 1. The fourth-order valence-corrected chi connectivity index (χ4v) is 3.63. The molecule has 0 unspecified atom stereocenters. The lowest BCUT2D eigenvalue weighted by atomic mass is 10.0. The van der Waals surface area contributed by atoms with E-state index in [2.05, 4.69) is 29.6 Å². The van der Waals surface area contributed by atoms with Gasteiger partial charge in [0, 0.05) is 23.3 Å². The maximum atomic E-state index is 12.6. The molecule has 0 atom stereocenters. The van der Waals surface area contributed by atoms with E-state index in [1.807, 2.05) is 54.0 Å². The number of amides is 1. The predicted octanol–water partition coefficient (Wildman–Crippen LogP) is 4.43. The summed E-state index contributed by atoms with van der Waals surface area (Å²) in [5.74, 6) is 0.769. The van der Waals surface area contributed by atoms with E-state index in [1.54, 1.807) is 7.11 Å². The average molecular weight is 358 g/mol. The molecule has 4 heteroatoms. The van der Waals surface area contributed by atoms with Crippen molar-refractivity contribution < 1.29 is 9.53 Å². The van der Waals surface area contributed by atoms with Gasteiger partial charge >= 0.3 is 0 Å². The molecule has 136 valence electrons. The summed E-state index contributed by atoms with van der Waals surface area (Å²) in [4.78, 5) is 12.6. The number of hydrogen-bond acceptors (Lipinski definition) is 2. The highest BCUT2D eigenvalue weighted by Crippen LogP contribution is 2.27. The van der Waals surface area contributed by atoms with Gasteiger partial charge in [-0.25, -0.2) is 0 Å². The normalized spacial score (nSPS) is 11.0. The molecular formula is C23H22N2O2. The van der Waals surface area contributed by atoms with Crippen molar-refractivity contribution in [1.29, 1.82) is 0 Å². The van der Waals surface area contributed by atoms with Crippen molar-refractivity contribution in [3.8, 4) is 5.75 Å². The third-order valence-corrected chi connectivity index (χ3v) is 5.00. The molecule has 3 aromatic carbocycles. The average Bonchev–Trinajstić information content (AvgIpc) is 3.01. The fraction of sp³-hybridized carbons (Fsp3) is 0.174. The van der Waals surface area contributed by atoms with Crippen LogP contribution in [0.2, 0.25) is 0 Å². The van der Waals surface area contributed by atoms with Crippen LogP contribution in [0.1, 0.15) is 11.3 Å². The lowest BCUT2D eigenvalue weighted by molar-refractivity contribution is -0.121. The first-order valence-electron chi connectivity index (χ1n) is 9.03. The van der Waals surface area contributed by atoms with Gasteiger partial charge in [-0.3, -0.25) is 4.79 Å². The summed E-state index contributed by atoms with van der Waals surface area (Å²) in [7, 11) is 1.66. The number of aromatic nitrogens is 1. The van der Waals surface area contributed by atoms with Gasteiger partial charge in [-0.2, -0.15) is 0 Å². The third kappa shape index (κ3) is 3.26. The number of nitrogens with zero attached hydrogens (tertiary/aromatic N) is 1. The second-order valence-corrected chi connectivity index (χ2v) is 6.67. The standard InChI is InChI=1S/C23H22N2O2/c1-16-13-18-8-4-6-10-21(18)25(16)15-23(26)24-14-20-19-9-5-3-7-17(19)11-12-22(20)27-2/h3-13H,14-15H2,1-2H3,(H,24,26). The number of fused-ring (bicyclic) bond motifs is 2. The van der Waals surface area contributed by atoms with E-state index in [0.29, 0.717) is 13.1 Å². The van der Waals surface area contributed by atoms with Crippen LogP contribution in [0.5, 0.6) is 5.75 Å². The van der Waals surface area contributed by atoms with Crippen molar-refractivity contribution in [3.63, 3.8) is 0 Å². The van der Waals surface area contributed by atoms with Crippen LogP contribution in [-0.2, 0) is 17.9 Å². The van der Waals surface area contributed by atoms with Gasteiger partial charge in [0.1, 0.15) is 12.3 Å². The molecule has 0 saturated carbocycles. The molecule has 0 fully saturated rings. The Hall–Kier alpha value is -3.27. The lowest BCUT2D eigenvalue weighted by Gasteiger charge is -2.14. The first-order valence-corrected chi connectivity index (χ1v) is 9.03. The minimum Gasteiger partial charge on any atom is -0.496 e. The third-order valence-electron chi connectivity index (χ3n) is 5.00. The smallest absolute Gasteiger partial charge is 0.240 e. The van der Waals surface area contributed by atoms with Crippen LogP contribution in [0, 0.1) is 6.92 Å². The van der Waals surface area contributed by atoms with E-state index in [9.17, 15) is 4.79 Å². The molecule has 0 saturated heterocycles. The first kappa shape index (κ1) is 17.2. The van der Waals surface area contributed by atoms with Gasteiger partial charge in [0.25, 0.3) is 0 Å². The second-order valence-electron chi connectivity index (χ2n) is 6.67. The molecule has 1 N–H and O–H groups in total. The van der Waals surface area contributed by atoms with Gasteiger partial charge in [-0.1, -0.05) is 48.5 Å². The minimum atomic E-state index is -0.0190. The van der Waals surface area contributed by atoms with Crippen LogP contribution < -0.4 is 10.1 Å². The van der Waals surface area contributed by atoms with Crippen molar-refractivity contribution in [2.75, 3.05) is 7.11 Å². The van der Waals surface area contributed by atoms with Crippen LogP contribution >= 0.6 is 0 Å². The molecule has 4 aromatic rings. The van der Waals surface area contributed by atoms with Gasteiger partial charge < -0.3 is 14.6 Å². The van der Waals surface area contributed by atoms with Crippen LogP contribution in [-0.4, -0.2) is 17.6 Å². The summed E-state index contributed by atoms with van der Waals surface area (Å²) >= 11 is 0. The summed E-state index contributed by atoms with van der Waals surface area (Å²) in [5.41, 5.74) is 3.15. The number of nitrogens with one attached hydrogen (secondary N) is 1. The first-order chi connectivity index (χ1) is 13.2. The Morgan fingerprint density at radius 1 is 1.00 bits per heavy atom. The molecule has 0 radical (unpaired) electrons. The van der Waals surface area contributed by atoms with Gasteiger partial charge in [0.2, 0.25) is 5.91 Å². The topological polar surface area (TPSA) is 43.3 Å². The number of carbonyl (C=O) groups excluding carboxylic acids is 1. The highest BCUT2D eigenvalue weighted by Gasteiger charge is 2.12. The Labute approximate surface area is 158 Å².